The first-order valence-electron chi connectivity index (χ1n) is 9.19. The van der Waals surface area contributed by atoms with Crippen LogP contribution in [0.15, 0.2) is 28.8 Å². The van der Waals surface area contributed by atoms with Gasteiger partial charge in [-0.25, -0.2) is 0 Å². The highest BCUT2D eigenvalue weighted by Crippen LogP contribution is 2.32. The average molecular weight is 376 g/mol. The number of halogens is 1. The number of hydrogen-bond donors (Lipinski definition) is 0. The number of rotatable bonds is 5. The maximum absolute atomic E-state index is 12.4. The second-order valence-electron chi connectivity index (χ2n) is 7.03. The molecular weight excluding hydrogens is 354 g/mol. The number of ether oxygens (including phenoxy) is 1. The Morgan fingerprint density at radius 2 is 1.96 bits per heavy atom. The predicted molar refractivity (Wildman–Crippen MR) is 96.0 cm³/mol. The molecule has 0 radical (unpaired) electrons. The average Bonchev–Trinajstić information content (AvgIpc) is 3.28. The van der Waals surface area contributed by atoms with Crippen LogP contribution in [-0.2, 0) is 11.4 Å². The minimum absolute atomic E-state index is 0.0115. The van der Waals surface area contributed by atoms with Gasteiger partial charge >= 0.3 is 0 Å². The van der Waals surface area contributed by atoms with Gasteiger partial charge in [0.1, 0.15) is 5.75 Å². The minimum atomic E-state index is 0.0115. The van der Waals surface area contributed by atoms with E-state index in [2.05, 4.69) is 10.1 Å². The van der Waals surface area contributed by atoms with Crippen molar-refractivity contribution >= 4 is 17.5 Å². The second-order valence-corrected chi connectivity index (χ2v) is 7.46. The Bertz CT molecular complexity index is 756. The van der Waals surface area contributed by atoms with Gasteiger partial charge < -0.3 is 14.2 Å². The van der Waals surface area contributed by atoms with Gasteiger partial charge in [-0.2, -0.15) is 4.98 Å². The molecular formula is C19H22ClN3O3. The van der Waals surface area contributed by atoms with Gasteiger partial charge in [0.05, 0.1) is 0 Å². The van der Waals surface area contributed by atoms with Gasteiger partial charge in [0.15, 0.2) is 12.4 Å². The van der Waals surface area contributed by atoms with Gasteiger partial charge in [0.2, 0.25) is 5.91 Å². The van der Waals surface area contributed by atoms with Crippen LogP contribution in [0.1, 0.15) is 56.2 Å². The maximum Gasteiger partial charge on any atom is 0.264 e. The highest BCUT2D eigenvalue weighted by atomic mass is 35.5. The zero-order valence-corrected chi connectivity index (χ0v) is 15.3. The van der Waals surface area contributed by atoms with Gasteiger partial charge in [0, 0.05) is 29.9 Å². The molecule has 1 saturated carbocycles. The minimum Gasteiger partial charge on any atom is -0.484 e. The van der Waals surface area contributed by atoms with E-state index in [-0.39, 0.29) is 18.4 Å². The Balaban J connectivity index is 1.35. The molecule has 7 heteroatoms. The van der Waals surface area contributed by atoms with E-state index in [0.29, 0.717) is 41.5 Å². The van der Waals surface area contributed by atoms with Crippen LogP contribution in [0.4, 0.5) is 0 Å². The number of benzene rings is 1. The van der Waals surface area contributed by atoms with Crippen molar-refractivity contribution < 1.29 is 14.1 Å². The highest BCUT2D eigenvalue weighted by molar-refractivity contribution is 6.30. The first-order valence-corrected chi connectivity index (χ1v) is 9.57. The SMILES string of the molecule is O=C1C[C@@H](c2noc(COc3ccc(Cl)cc3)n2)CN1C1CCCCC1. The third-order valence-electron chi connectivity index (χ3n) is 5.20. The van der Waals surface area contributed by atoms with Gasteiger partial charge in [-0.1, -0.05) is 36.0 Å². The fourth-order valence-corrected chi connectivity index (χ4v) is 3.94. The van der Waals surface area contributed by atoms with Crippen molar-refractivity contribution in [1.29, 1.82) is 0 Å². The molecule has 138 valence electrons. The van der Waals surface area contributed by atoms with Crippen LogP contribution in [0.2, 0.25) is 5.02 Å². The first kappa shape index (κ1) is 17.3. The molecule has 0 N–H and O–H groups in total. The van der Waals surface area contributed by atoms with Gasteiger partial charge in [-0.05, 0) is 37.1 Å². The molecule has 0 spiro atoms. The predicted octanol–water partition coefficient (Wildman–Crippen LogP) is 3.95. The fraction of sp³-hybridized carbons (Fsp3) is 0.526. The van der Waals surface area contributed by atoms with Crippen LogP contribution >= 0.6 is 11.6 Å². The van der Waals surface area contributed by atoms with Gasteiger partial charge in [-0.15, -0.1) is 0 Å². The molecule has 2 fully saturated rings. The lowest BCUT2D eigenvalue weighted by Crippen LogP contribution is -2.37. The second kappa shape index (κ2) is 7.66. The molecule has 1 aliphatic carbocycles. The van der Waals surface area contributed by atoms with E-state index < -0.39 is 0 Å². The molecule has 1 atom stereocenters. The summed E-state index contributed by atoms with van der Waals surface area (Å²) in [6, 6.07) is 7.50. The maximum atomic E-state index is 12.4. The molecule has 2 aromatic rings. The molecule has 2 heterocycles. The molecule has 4 rings (SSSR count). The molecule has 1 amide bonds. The molecule has 1 aliphatic heterocycles. The number of likely N-dealkylation sites (tertiary alicyclic amines) is 1. The van der Waals surface area contributed by atoms with E-state index in [1.807, 2.05) is 4.90 Å². The lowest BCUT2D eigenvalue weighted by molar-refractivity contribution is -0.130. The van der Waals surface area contributed by atoms with Crippen molar-refractivity contribution in [3.63, 3.8) is 0 Å². The van der Waals surface area contributed by atoms with Crippen molar-refractivity contribution in [3.05, 3.63) is 41.0 Å². The number of amides is 1. The van der Waals surface area contributed by atoms with Crippen LogP contribution in [0.25, 0.3) is 0 Å². The molecule has 1 aromatic heterocycles. The smallest absolute Gasteiger partial charge is 0.264 e. The number of carbonyl (C=O) groups is 1. The number of aromatic nitrogens is 2. The Morgan fingerprint density at radius 3 is 2.73 bits per heavy atom. The molecule has 1 saturated heterocycles. The lowest BCUT2D eigenvalue weighted by atomic mass is 9.94. The monoisotopic (exact) mass is 375 g/mol. The summed E-state index contributed by atoms with van der Waals surface area (Å²) < 4.78 is 10.9. The van der Waals surface area contributed by atoms with E-state index in [4.69, 9.17) is 20.9 Å². The summed E-state index contributed by atoms with van der Waals surface area (Å²) in [5, 5.41) is 4.73. The Hall–Kier alpha value is -2.08. The zero-order valence-electron chi connectivity index (χ0n) is 14.6. The van der Waals surface area contributed by atoms with Crippen LogP contribution in [-0.4, -0.2) is 33.5 Å². The zero-order chi connectivity index (χ0) is 17.9. The van der Waals surface area contributed by atoms with E-state index >= 15 is 0 Å². The highest BCUT2D eigenvalue weighted by Gasteiger charge is 2.37. The summed E-state index contributed by atoms with van der Waals surface area (Å²) in [6.07, 6.45) is 6.41. The summed E-state index contributed by atoms with van der Waals surface area (Å²) in [7, 11) is 0. The number of nitrogens with zero attached hydrogens (tertiary/aromatic N) is 3. The van der Waals surface area contributed by atoms with Crippen molar-refractivity contribution in [2.75, 3.05) is 6.54 Å². The standard InChI is InChI=1S/C19H22ClN3O3/c20-14-6-8-16(9-7-14)25-12-17-21-19(22-26-17)13-10-18(24)23(11-13)15-4-2-1-3-5-15/h6-9,13,15H,1-5,10-12H2/t13-/m1/s1. The molecule has 2 aliphatic rings. The summed E-state index contributed by atoms with van der Waals surface area (Å²) in [4.78, 5) is 18.9. The van der Waals surface area contributed by atoms with E-state index in [9.17, 15) is 4.79 Å². The van der Waals surface area contributed by atoms with Crippen LogP contribution in [0.3, 0.4) is 0 Å². The lowest BCUT2D eigenvalue weighted by Gasteiger charge is -2.31. The fourth-order valence-electron chi connectivity index (χ4n) is 3.82. The largest absolute Gasteiger partial charge is 0.484 e. The van der Waals surface area contributed by atoms with Crippen LogP contribution < -0.4 is 4.74 Å². The Morgan fingerprint density at radius 1 is 1.19 bits per heavy atom. The molecule has 0 unspecified atom stereocenters. The Kier molecular flexibility index (Phi) is 5.11. The normalized spacial score (nSPS) is 21.3. The quantitative estimate of drug-likeness (QED) is 0.791. The molecule has 0 bridgehead atoms. The molecule has 6 nitrogen and oxygen atoms in total. The summed E-state index contributed by atoms with van der Waals surface area (Å²) >= 11 is 5.86. The van der Waals surface area contributed by atoms with E-state index in [1.54, 1.807) is 24.3 Å². The van der Waals surface area contributed by atoms with Crippen LogP contribution in [0.5, 0.6) is 5.75 Å². The van der Waals surface area contributed by atoms with Crippen molar-refractivity contribution in [2.45, 2.75) is 57.1 Å². The van der Waals surface area contributed by atoms with Gasteiger partial charge in [-0.3, -0.25) is 4.79 Å². The molecule has 26 heavy (non-hydrogen) atoms. The summed E-state index contributed by atoms with van der Waals surface area (Å²) in [5.41, 5.74) is 0. The summed E-state index contributed by atoms with van der Waals surface area (Å²) in [5.74, 6) is 1.93. The van der Waals surface area contributed by atoms with Crippen LogP contribution in [0, 0.1) is 0 Å². The van der Waals surface area contributed by atoms with Crippen molar-refractivity contribution in [1.82, 2.24) is 15.0 Å². The van der Waals surface area contributed by atoms with Crippen molar-refractivity contribution in [2.24, 2.45) is 0 Å². The summed E-state index contributed by atoms with van der Waals surface area (Å²) in [6.45, 7) is 0.891. The Labute approximate surface area is 157 Å². The third kappa shape index (κ3) is 3.85. The topological polar surface area (TPSA) is 68.5 Å². The first-order chi connectivity index (χ1) is 12.7. The third-order valence-corrected chi connectivity index (χ3v) is 5.45. The van der Waals surface area contributed by atoms with E-state index in [1.165, 1.54) is 19.3 Å². The van der Waals surface area contributed by atoms with Crippen molar-refractivity contribution in [3.8, 4) is 5.75 Å². The molecule has 1 aromatic carbocycles. The number of hydrogen-bond acceptors (Lipinski definition) is 5. The number of carbonyl (C=O) groups excluding carboxylic acids is 1. The van der Waals surface area contributed by atoms with Gasteiger partial charge in [0.25, 0.3) is 5.89 Å². The van der Waals surface area contributed by atoms with E-state index in [0.717, 1.165) is 12.8 Å².